The van der Waals surface area contributed by atoms with Crippen molar-refractivity contribution in [3.05, 3.63) is 40.9 Å². The van der Waals surface area contributed by atoms with Gasteiger partial charge in [-0.2, -0.15) is 0 Å². The number of para-hydroxylation sites is 1. The van der Waals surface area contributed by atoms with Gasteiger partial charge in [-0.25, -0.2) is 4.98 Å². The number of amides is 1. The average Bonchev–Trinajstić information content (AvgIpc) is 2.51. The van der Waals surface area contributed by atoms with E-state index in [9.17, 15) is 9.59 Å². The smallest absolute Gasteiger partial charge is 0.261 e. The molecule has 0 radical (unpaired) electrons. The predicted molar refractivity (Wildman–Crippen MR) is 87.3 cm³/mol. The van der Waals surface area contributed by atoms with Gasteiger partial charge in [-0.3, -0.25) is 14.2 Å². The number of nitrogens with one attached hydrogen (secondary N) is 1. The van der Waals surface area contributed by atoms with Crippen LogP contribution in [0.15, 0.2) is 35.4 Å². The molecule has 0 bridgehead atoms. The first-order valence-corrected chi connectivity index (χ1v) is 7.11. The Balaban J connectivity index is 0.00000176. The average molecular weight is 323 g/mol. The predicted octanol–water partition coefficient (Wildman–Crippen LogP) is 0.639. The van der Waals surface area contributed by atoms with E-state index in [1.165, 1.54) is 10.9 Å². The summed E-state index contributed by atoms with van der Waals surface area (Å²) in [6, 6.07) is 7.32. The number of carbonyl (C=O) groups excluding carboxylic acids is 1. The summed E-state index contributed by atoms with van der Waals surface area (Å²) in [5.74, 6) is -0.0387. The first kappa shape index (κ1) is 16.5. The zero-order chi connectivity index (χ0) is 14.8. The number of aromatic nitrogens is 2. The summed E-state index contributed by atoms with van der Waals surface area (Å²) in [6.45, 7) is 4.31. The number of hydrogen-bond donors (Lipinski definition) is 1. The molecular formula is C15H19ClN4O2. The third-order valence-corrected chi connectivity index (χ3v) is 3.86. The Morgan fingerprint density at radius 1 is 1.41 bits per heavy atom. The Bertz CT molecular complexity index is 731. The number of rotatable bonds is 2. The Morgan fingerprint density at radius 2 is 2.18 bits per heavy atom. The molecule has 1 amide bonds. The van der Waals surface area contributed by atoms with Crippen molar-refractivity contribution in [2.45, 2.75) is 19.5 Å². The van der Waals surface area contributed by atoms with Crippen molar-refractivity contribution in [3.8, 4) is 0 Å². The first-order valence-electron chi connectivity index (χ1n) is 7.11. The summed E-state index contributed by atoms with van der Waals surface area (Å²) in [7, 11) is 0. The van der Waals surface area contributed by atoms with Crippen molar-refractivity contribution in [3.63, 3.8) is 0 Å². The fraction of sp³-hybridized carbons (Fsp3) is 0.400. The van der Waals surface area contributed by atoms with E-state index in [1.807, 2.05) is 17.9 Å². The lowest BCUT2D eigenvalue weighted by molar-refractivity contribution is -0.134. The number of nitrogens with zero attached hydrogens (tertiary/aromatic N) is 3. The molecule has 1 fully saturated rings. The number of piperazine rings is 1. The SMILES string of the molecule is CC1CNCCN1C(=O)Cn1cnc2ccccc2c1=O.Cl. The molecule has 6 nitrogen and oxygen atoms in total. The second-order valence-electron chi connectivity index (χ2n) is 5.34. The van der Waals surface area contributed by atoms with Gasteiger partial charge in [-0.1, -0.05) is 12.1 Å². The molecule has 0 aliphatic carbocycles. The van der Waals surface area contributed by atoms with Crippen molar-refractivity contribution >= 4 is 29.2 Å². The van der Waals surface area contributed by atoms with Gasteiger partial charge in [0, 0.05) is 25.7 Å². The van der Waals surface area contributed by atoms with Gasteiger partial charge in [0.15, 0.2) is 0 Å². The van der Waals surface area contributed by atoms with Gasteiger partial charge < -0.3 is 10.2 Å². The molecule has 2 aromatic rings. The lowest BCUT2D eigenvalue weighted by atomic mass is 10.2. The van der Waals surface area contributed by atoms with Gasteiger partial charge in [0.2, 0.25) is 5.91 Å². The highest BCUT2D eigenvalue weighted by molar-refractivity contribution is 5.85. The molecule has 1 unspecified atom stereocenters. The van der Waals surface area contributed by atoms with Crippen molar-refractivity contribution in [1.82, 2.24) is 19.8 Å². The monoisotopic (exact) mass is 322 g/mol. The highest BCUT2D eigenvalue weighted by Gasteiger charge is 2.23. The topological polar surface area (TPSA) is 67.2 Å². The van der Waals surface area contributed by atoms with Gasteiger partial charge in [0.25, 0.3) is 5.56 Å². The second kappa shape index (κ2) is 6.89. The van der Waals surface area contributed by atoms with Crippen LogP contribution in [0, 0.1) is 0 Å². The van der Waals surface area contributed by atoms with Crippen molar-refractivity contribution in [2.24, 2.45) is 0 Å². The fourth-order valence-electron chi connectivity index (χ4n) is 2.67. The maximum absolute atomic E-state index is 12.4. The highest BCUT2D eigenvalue weighted by Crippen LogP contribution is 2.06. The first-order chi connectivity index (χ1) is 10.2. The van der Waals surface area contributed by atoms with E-state index in [-0.39, 0.29) is 36.5 Å². The van der Waals surface area contributed by atoms with Gasteiger partial charge in [-0.15, -0.1) is 12.4 Å². The van der Waals surface area contributed by atoms with E-state index in [4.69, 9.17) is 0 Å². The number of hydrogen-bond acceptors (Lipinski definition) is 4. The fourth-order valence-corrected chi connectivity index (χ4v) is 2.67. The summed E-state index contributed by atoms with van der Waals surface area (Å²) in [5.41, 5.74) is 0.485. The number of halogens is 1. The van der Waals surface area contributed by atoms with Crippen LogP contribution in [-0.4, -0.2) is 46.0 Å². The molecule has 1 aromatic carbocycles. The number of carbonyl (C=O) groups is 1. The Hall–Kier alpha value is -1.92. The summed E-state index contributed by atoms with van der Waals surface area (Å²) in [4.78, 5) is 30.8. The van der Waals surface area contributed by atoms with E-state index >= 15 is 0 Å². The van der Waals surface area contributed by atoms with Crippen molar-refractivity contribution in [1.29, 1.82) is 0 Å². The van der Waals surface area contributed by atoms with Crippen LogP contribution in [0.1, 0.15) is 6.92 Å². The highest BCUT2D eigenvalue weighted by atomic mass is 35.5. The maximum atomic E-state index is 12.4. The minimum Gasteiger partial charge on any atom is -0.336 e. The van der Waals surface area contributed by atoms with Crippen LogP contribution in [0.2, 0.25) is 0 Å². The summed E-state index contributed by atoms with van der Waals surface area (Å²) < 4.78 is 1.39. The third-order valence-electron chi connectivity index (χ3n) is 3.86. The van der Waals surface area contributed by atoms with Crippen molar-refractivity contribution in [2.75, 3.05) is 19.6 Å². The Labute approximate surface area is 134 Å². The van der Waals surface area contributed by atoms with Crippen LogP contribution in [0.3, 0.4) is 0 Å². The summed E-state index contributed by atoms with van der Waals surface area (Å²) >= 11 is 0. The Morgan fingerprint density at radius 3 is 2.95 bits per heavy atom. The number of benzene rings is 1. The largest absolute Gasteiger partial charge is 0.336 e. The van der Waals surface area contributed by atoms with Crippen LogP contribution in [0.5, 0.6) is 0 Å². The maximum Gasteiger partial charge on any atom is 0.261 e. The van der Waals surface area contributed by atoms with E-state index in [1.54, 1.807) is 18.2 Å². The molecule has 1 aliphatic heterocycles. The van der Waals surface area contributed by atoms with E-state index in [0.717, 1.165) is 13.1 Å². The second-order valence-corrected chi connectivity index (χ2v) is 5.34. The molecule has 2 heterocycles. The summed E-state index contributed by atoms with van der Waals surface area (Å²) in [6.07, 6.45) is 1.45. The molecule has 3 rings (SSSR count). The van der Waals surface area contributed by atoms with Crippen molar-refractivity contribution < 1.29 is 4.79 Å². The van der Waals surface area contributed by atoms with Gasteiger partial charge >= 0.3 is 0 Å². The molecule has 1 aromatic heterocycles. The molecule has 1 N–H and O–H groups in total. The molecule has 22 heavy (non-hydrogen) atoms. The normalized spacial score (nSPS) is 18.0. The summed E-state index contributed by atoms with van der Waals surface area (Å²) in [5, 5.41) is 3.79. The standard InChI is InChI=1S/C15H18N4O2.ClH/c1-11-8-16-6-7-19(11)14(20)9-18-10-17-13-5-3-2-4-12(13)15(18)21;/h2-5,10-11,16H,6-9H2,1H3;1H. The molecule has 118 valence electrons. The van der Waals surface area contributed by atoms with Crippen LogP contribution in [0.25, 0.3) is 10.9 Å². The van der Waals surface area contributed by atoms with E-state index in [2.05, 4.69) is 10.3 Å². The third kappa shape index (κ3) is 3.13. The molecule has 0 saturated carbocycles. The molecule has 1 saturated heterocycles. The van der Waals surface area contributed by atoms with Crippen LogP contribution >= 0.6 is 12.4 Å². The molecule has 1 aliphatic rings. The molecule has 1 atom stereocenters. The lowest BCUT2D eigenvalue weighted by Crippen LogP contribution is -2.53. The minimum absolute atomic E-state index is 0. The Kier molecular flexibility index (Phi) is 5.15. The lowest BCUT2D eigenvalue weighted by Gasteiger charge is -2.34. The molecular weight excluding hydrogens is 304 g/mol. The van der Waals surface area contributed by atoms with E-state index < -0.39 is 0 Å². The van der Waals surface area contributed by atoms with Gasteiger partial charge in [0.05, 0.1) is 17.2 Å². The molecule has 7 heteroatoms. The minimum atomic E-state index is -0.170. The van der Waals surface area contributed by atoms with Gasteiger partial charge in [-0.05, 0) is 19.1 Å². The van der Waals surface area contributed by atoms with Crippen LogP contribution in [-0.2, 0) is 11.3 Å². The van der Waals surface area contributed by atoms with Gasteiger partial charge in [0.1, 0.15) is 6.54 Å². The quantitative estimate of drug-likeness (QED) is 0.881. The zero-order valence-corrected chi connectivity index (χ0v) is 13.2. The molecule has 0 spiro atoms. The zero-order valence-electron chi connectivity index (χ0n) is 12.4. The van der Waals surface area contributed by atoms with Crippen LogP contribution in [0.4, 0.5) is 0 Å². The van der Waals surface area contributed by atoms with Crippen LogP contribution < -0.4 is 10.9 Å². The number of fused-ring (bicyclic) bond motifs is 1. The van der Waals surface area contributed by atoms with E-state index in [0.29, 0.717) is 17.4 Å².